The summed E-state index contributed by atoms with van der Waals surface area (Å²) in [6.45, 7) is 2.68. The average Bonchev–Trinajstić information content (AvgIpc) is 2.71. The minimum atomic E-state index is 0.666. The van der Waals surface area contributed by atoms with Gasteiger partial charge in [0.05, 0.1) is 0 Å². The standard InChI is InChI=1S/C18H21ClN2/c19-17-8-7-15(9-10-20)18(12-17)21-11-3-6-14-4-1-2-5-16(14)13-21/h1-2,4-5,7-8,12H,3,6,9-11,13,20H2. The second-order valence-corrected chi connectivity index (χ2v) is 6.04. The fraction of sp³-hybridized carbons (Fsp3) is 0.333. The third-order valence-corrected chi connectivity index (χ3v) is 4.39. The fourth-order valence-corrected chi connectivity index (χ4v) is 3.27. The van der Waals surface area contributed by atoms with Crippen molar-refractivity contribution in [2.75, 3.05) is 18.0 Å². The Morgan fingerprint density at radius 3 is 2.71 bits per heavy atom. The highest BCUT2D eigenvalue weighted by molar-refractivity contribution is 6.30. The van der Waals surface area contributed by atoms with Gasteiger partial charge in [0.1, 0.15) is 0 Å². The van der Waals surface area contributed by atoms with Crippen LogP contribution < -0.4 is 10.6 Å². The monoisotopic (exact) mass is 300 g/mol. The molecule has 0 amide bonds. The van der Waals surface area contributed by atoms with Crippen LogP contribution in [0.15, 0.2) is 42.5 Å². The van der Waals surface area contributed by atoms with Crippen LogP contribution in [-0.2, 0) is 19.4 Å². The van der Waals surface area contributed by atoms with Gasteiger partial charge >= 0.3 is 0 Å². The second-order valence-electron chi connectivity index (χ2n) is 5.61. The molecule has 1 heterocycles. The number of rotatable bonds is 3. The summed E-state index contributed by atoms with van der Waals surface area (Å²) < 4.78 is 0. The molecule has 2 N–H and O–H groups in total. The Morgan fingerprint density at radius 1 is 1.10 bits per heavy atom. The molecule has 2 aromatic rings. The van der Waals surface area contributed by atoms with Crippen LogP contribution in [0, 0.1) is 0 Å². The van der Waals surface area contributed by atoms with Crippen LogP contribution in [0.3, 0.4) is 0 Å². The molecule has 0 unspecified atom stereocenters. The number of benzene rings is 2. The molecule has 3 rings (SSSR count). The summed E-state index contributed by atoms with van der Waals surface area (Å²) in [5.41, 5.74) is 11.2. The molecule has 0 spiro atoms. The zero-order chi connectivity index (χ0) is 14.7. The van der Waals surface area contributed by atoms with Crippen LogP contribution in [0.4, 0.5) is 5.69 Å². The van der Waals surface area contributed by atoms with Gasteiger partial charge in [0, 0.05) is 23.8 Å². The predicted molar refractivity (Wildman–Crippen MR) is 90.0 cm³/mol. The van der Waals surface area contributed by atoms with E-state index in [-0.39, 0.29) is 0 Å². The van der Waals surface area contributed by atoms with Crippen molar-refractivity contribution in [2.45, 2.75) is 25.8 Å². The quantitative estimate of drug-likeness (QED) is 0.934. The first-order chi connectivity index (χ1) is 10.3. The lowest BCUT2D eigenvalue weighted by Gasteiger charge is -2.26. The molecule has 0 radical (unpaired) electrons. The van der Waals surface area contributed by atoms with Crippen molar-refractivity contribution in [3.63, 3.8) is 0 Å². The van der Waals surface area contributed by atoms with Gasteiger partial charge in [-0.3, -0.25) is 0 Å². The van der Waals surface area contributed by atoms with Gasteiger partial charge in [0.2, 0.25) is 0 Å². The molecule has 0 aromatic heterocycles. The SMILES string of the molecule is NCCc1ccc(Cl)cc1N1CCCc2ccccc2C1. The van der Waals surface area contributed by atoms with Gasteiger partial charge < -0.3 is 10.6 Å². The maximum atomic E-state index is 6.22. The van der Waals surface area contributed by atoms with Crippen LogP contribution in [-0.4, -0.2) is 13.1 Å². The number of nitrogens with zero attached hydrogens (tertiary/aromatic N) is 1. The van der Waals surface area contributed by atoms with E-state index in [1.165, 1.54) is 28.8 Å². The Kier molecular flexibility index (Phi) is 4.47. The van der Waals surface area contributed by atoms with E-state index in [1.54, 1.807) is 0 Å². The molecule has 110 valence electrons. The fourth-order valence-electron chi connectivity index (χ4n) is 3.10. The summed E-state index contributed by atoms with van der Waals surface area (Å²) in [4.78, 5) is 2.45. The molecule has 0 saturated carbocycles. The van der Waals surface area contributed by atoms with Gasteiger partial charge in [0.25, 0.3) is 0 Å². The van der Waals surface area contributed by atoms with Crippen LogP contribution in [0.2, 0.25) is 5.02 Å². The Balaban J connectivity index is 1.95. The molecule has 0 aliphatic carbocycles. The average molecular weight is 301 g/mol. The van der Waals surface area contributed by atoms with Crippen LogP contribution in [0.1, 0.15) is 23.1 Å². The minimum Gasteiger partial charge on any atom is -0.367 e. The van der Waals surface area contributed by atoms with Crippen LogP contribution in [0.25, 0.3) is 0 Å². The van der Waals surface area contributed by atoms with E-state index >= 15 is 0 Å². The van der Waals surface area contributed by atoms with Crippen molar-refractivity contribution in [1.82, 2.24) is 0 Å². The number of halogens is 1. The van der Waals surface area contributed by atoms with E-state index in [0.717, 1.165) is 31.0 Å². The molecule has 0 atom stereocenters. The molecular formula is C18H21ClN2. The number of hydrogen-bond acceptors (Lipinski definition) is 2. The number of aryl methyl sites for hydroxylation is 1. The van der Waals surface area contributed by atoms with Gasteiger partial charge in [-0.1, -0.05) is 41.9 Å². The summed E-state index contributed by atoms with van der Waals surface area (Å²) >= 11 is 6.22. The zero-order valence-electron chi connectivity index (χ0n) is 12.2. The highest BCUT2D eigenvalue weighted by Crippen LogP contribution is 2.29. The van der Waals surface area contributed by atoms with E-state index in [4.69, 9.17) is 17.3 Å². The molecule has 0 fully saturated rings. The topological polar surface area (TPSA) is 29.3 Å². The first-order valence-electron chi connectivity index (χ1n) is 7.58. The largest absolute Gasteiger partial charge is 0.367 e. The number of anilines is 1. The molecule has 2 nitrogen and oxygen atoms in total. The van der Waals surface area contributed by atoms with E-state index in [2.05, 4.69) is 41.3 Å². The molecule has 1 aliphatic rings. The maximum absolute atomic E-state index is 6.22. The van der Waals surface area contributed by atoms with E-state index < -0.39 is 0 Å². The highest BCUT2D eigenvalue weighted by Gasteiger charge is 2.17. The Morgan fingerprint density at radius 2 is 1.90 bits per heavy atom. The molecule has 0 bridgehead atoms. The third kappa shape index (κ3) is 3.22. The first kappa shape index (κ1) is 14.4. The Labute approximate surface area is 131 Å². The normalized spacial score (nSPS) is 14.7. The Hall–Kier alpha value is -1.51. The maximum Gasteiger partial charge on any atom is 0.0432 e. The lowest BCUT2D eigenvalue weighted by atomic mass is 10.0. The van der Waals surface area contributed by atoms with Gasteiger partial charge in [-0.15, -0.1) is 0 Å². The minimum absolute atomic E-state index is 0.666. The molecule has 1 aliphatic heterocycles. The summed E-state index contributed by atoms with van der Waals surface area (Å²) in [5.74, 6) is 0. The first-order valence-corrected chi connectivity index (χ1v) is 7.96. The van der Waals surface area contributed by atoms with Gasteiger partial charge in [-0.05, 0) is 54.6 Å². The molecule has 3 heteroatoms. The molecule has 2 aromatic carbocycles. The van der Waals surface area contributed by atoms with E-state index in [1.807, 2.05) is 6.07 Å². The number of fused-ring (bicyclic) bond motifs is 1. The zero-order valence-corrected chi connectivity index (χ0v) is 12.9. The second kappa shape index (κ2) is 6.50. The van der Waals surface area contributed by atoms with Crippen LogP contribution >= 0.6 is 11.6 Å². The lowest BCUT2D eigenvalue weighted by molar-refractivity contribution is 0.759. The van der Waals surface area contributed by atoms with Crippen molar-refractivity contribution < 1.29 is 0 Å². The van der Waals surface area contributed by atoms with Crippen molar-refractivity contribution >= 4 is 17.3 Å². The summed E-state index contributed by atoms with van der Waals surface area (Å²) in [7, 11) is 0. The predicted octanol–water partition coefficient (Wildman–Crippen LogP) is 3.79. The lowest BCUT2D eigenvalue weighted by Crippen LogP contribution is -2.24. The summed E-state index contributed by atoms with van der Waals surface area (Å²) in [6.07, 6.45) is 3.22. The smallest absolute Gasteiger partial charge is 0.0432 e. The number of hydrogen-bond donors (Lipinski definition) is 1. The van der Waals surface area contributed by atoms with Crippen LogP contribution in [0.5, 0.6) is 0 Å². The van der Waals surface area contributed by atoms with Crippen molar-refractivity contribution in [1.29, 1.82) is 0 Å². The molecule has 21 heavy (non-hydrogen) atoms. The van der Waals surface area contributed by atoms with Gasteiger partial charge in [-0.25, -0.2) is 0 Å². The molecular weight excluding hydrogens is 280 g/mol. The third-order valence-electron chi connectivity index (χ3n) is 4.16. The van der Waals surface area contributed by atoms with E-state index in [9.17, 15) is 0 Å². The molecule has 0 saturated heterocycles. The number of nitrogens with two attached hydrogens (primary N) is 1. The summed E-state index contributed by atoms with van der Waals surface area (Å²) in [6, 6.07) is 14.9. The van der Waals surface area contributed by atoms with Crippen molar-refractivity contribution in [2.24, 2.45) is 5.73 Å². The highest BCUT2D eigenvalue weighted by atomic mass is 35.5. The van der Waals surface area contributed by atoms with Gasteiger partial charge in [0.15, 0.2) is 0 Å². The van der Waals surface area contributed by atoms with E-state index in [0.29, 0.717) is 6.54 Å². The Bertz CT molecular complexity index is 624. The summed E-state index contributed by atoms with van der Waals surface area (Å²) in [5, 5.41) is 0.795. The van der Waals surface area contributed by atoms with Gasteiger partial charge in [-0.2, -0.15) is 0 Å². The van der Waals surface area contributed by atoms with Crippen molar-refractivity contribution in [3.8, 4) is 0 Å². The van der Waals surface area contributed by atoms with Crippen molar-refractivity contribution in [3.05, 3.63) is 64.2 Å².